The summed E-state index contributed by atoms with van der Waals surface area (Å²) in [6, 6.07) is -0.554. The first-order valence-electron chi connectivity index (χ1n) is 6.30. The lowest BCUT2D eigenvalue weighted by Gasteiger charge is -2.36. The zero-order valence-electron chi connectivity index (χ0n) is 11.7. The van der Waals surface area contributed by atoms with Gasteiger partial charge in [-0.2, -0.15) is 5.10 Å². The molecule has 1 aliphatic heterocycles. The Kier molecular flexibility index (Phi) is 3.93. The molecule has 0 saturated carbocycles. The molecule has 2 rings (SSSR count). The Morgan fingerprint density at radius 2 is 2.20 bits per heavy atom. The summed E-state index contributed by atoms with van der Waals surface area (Å²) in [6.07, 6.45) is 0. The van der Waals surface area contributed by atoms with Gasteiger partial charge < -0.3 is 20.1 Å². The molecule has 1 aliphatic rings. The molecule has 2 heterocycles. The third-order valence-electron chi connectivity index (χ3n) is 3.36. The molecule has 0 spiro atoms. The average molecular weight is 282 g/mol. The van der Waals surface area contributed by atoms with Crippen LogP contribution in [0.4, 0.5) is 5.82 Å². The highest BCUT2D eigenvalue weighted by molar-refractivity contribution is 5.96. The fourth-order valence-corrected chi connectivity index (χ4v) is 2.47. The number of nitrogens with one attached hydrogen (secondary N) is 1. The molecular formula is C12H18N4O4. The molecule has 1 amide bonds. The fourth-order valence-electron chi connectivity index (χ4n) is 2.47. The molecule has 1 aromatic rings. The molecule has 1 saturated heterocycles. The van der Waals surface area contributed by atoms with Gasteiger partial charge in [-0.25, -0.2) is 4.79 Å². The molecule has 0 aromatic carbocycles. The molecule has 0 aliphatic carbocycles. The monoisotopic (exact) mass is 282 g/mol. The van der Waals surface area contributed by atoms with Crippen LogP contribution in [0.15, 0.2) is 0 Å². The first-order valence-corrected chi connectivity index (χ1v) is 6.30. The van der Waals surface area contributed by atoms with Crippen molar-refractivity contribution in [3.63, 3.8) is 0 Å². The third-order valence-corrected chi connectivity index (χ3v) is 3.36. The lowest BCUT2D eigenvalue weighted by molar-refractivity contribution is -0.124. The lowest BCUT2D eigenvalue weighted by atomic mass is 10.1. The second kappa shape index (κ2) is 5.49. The van der Waals surface area contributed by atoms with E-state index in [0.717, 1.165) is 0 Å². The van der Waals surface area contributed by atoms with Crippen molar-refractivity contribution < 1.29 is 19.4 Å². The molecule has 2 N–H and O–H groups in total. The van der Waals surface area contributed by atoms with Gasteiger partial charge in [0.2, 0.25) is 5.91 Å². The van der Waals surface area contributed by atoms with Crippen LogP contribution in [0.5, 0.6) is 0 Å². The van der Waals surface area contributed by atoms with Crippen molar-refractivity contribution in [2.75, 3.05) is 31.7 Å². The van der Waals surface area contributed by atoms with E-state index in [1.54, 1.807) is 25.9 Å². The zero-order chi connectivity index (χ0) is 14.9. The van der Waals surface area contributed by atoms with Crippen LogP contribution in [0.1, 0.15) is 16.1 Å². The maximum absolute atomic E-state index is 11.9. The number of carbonyl (C=O) groups excluding carboxylic acids is 1. The zero-order valence-corrected chi connectivity index (χ0v) is 11.7. The molecule has 8 nitrogen and oxygen atoms in total. The summed E-state index contributed by atoms with van der Waals surface area (Å²) in [7, 11) is 3.22. The molecule has 0 bridgehead atoms. The summed E-state index contributed by atoms with van der Waals surface area (Å²) in [5.41, 5.74) is 0.556. The van der Waals surface area contributed by atoms with Crippen LogP contribution >= 0.6 is 0 Å². The molecule has 0 radical (unpaired) electrons. The predicted octanol–water partition coefficient (Wildman–Crippen LogP) is -0.622. The fraction of sp³-hybridized carbons (Fsp3) is 0.583. The highest BCUT2D eigenvalue weighted by Gasteiger charge is 2.34. The van der Waals surface area contributed by atoms with Gasteiger partial charge in [-0.1, -0.05) is 0 Å². The first-order chi connectivity index (χ1) is 9.47. The Morgan fingerprint density at radius 3 is 2.80 bits per heavy atom. The number of aromatic nitrogens is 2. The van der Waals surface area contributed by atoms with Crippen molar-refractivity contribution in [2.45, 2.75) is 13.0 Å². The molecule has 1 aromatic heterocycles. The number of nitrogens with zero attached hydrogens (tertiary/aromatic N) is 3. The van der Waals surface area contributed by atoms with Crippen LogP contribution in [-0.2, 0) is 16.6 Å². The Hall–Kier alpha value is -2.09. The van der Waals surface area contributed by atoms with E-state index < -0.39 is 12.0 Å². The van der Waals surface area contributed by atoms with E-state index in [-0.39, 0.29) is 18.1 Å². The average Bonchev–Trinajstić information content (AvgIpc) is 2.72. The molecular weight excluding hydrogens is 264 g/mol. The summed E-state index contributed by atoms with van der Waals surface area (Å²) in [6.45, 7) is 2.75. The number of aromatic carboxylic acids is 1. The lowest BCUT2D eigenvalue weighted by Crippen LogP contribution is -2.54. The maximum Gasteiger partial charge on any atom is 0.341 e. The van der Waals surface area contributed by atoms with Gasteiger partial charge in [0, 0.05) is 20.6 Å². The largest absolute Gasteiger partial charge is 0.477 e. The standard InChI is InChI=1S/C12H18N4O4/c1-7-9(12(18)19)11(15(3)14-7)16-4-5-20-6-8(16)10(17)13-2/h8H,4-6H2,1-3H3,(H,13,17)(H,18,19). The number of anilines is 1. The Balaban J connectivity index is 2.47. The van der Waals surface area contributed by atoms with Crippen LogP contribution in [0.2, 0.25) is 0 Å². The van der Waals surface area contributed by atoms with Crippen molar-refractivity contribution in [2.24, 2.45) is 7.05 Å². The smallest absolute Gasteiger partial charge is 0.341 e. The number of carbonyl (C=O) groups is 2. The summed E-state index contributed by atoms with van der Waals surface area (Å²) < 4.78 is 6.82. The number of carboxylic acids is 1. The van der Waals surface area contributed by atoms with Gasteiger partial charge in [0.1, 0.15) is 17.4 Å². The number of ether oxygens (including phenoxy) is 1. The molecule has 20 heavy (non-hydrogen) atoms. The van der Waals surface area contributed by atoms with E-state index in [9.17, 15) is 14.7 Å². The third kappa shape index (κ3) is 2.34. The minimum Gasteiger partial charge on any atom is -0.477 e. The number of likely N-dealkylation sites (N-methyl/N-ethyl adjacent to an activating group) is 1. The van der Waals surface area contributed by atoms with Crippen molar-refractivity contribution in [1.29, 1.82) is 0 Å². The van der Waals surface area contributed by atoms with Gasteiger partial charge in [-0.15, -0.1) is 0 Å². The van der Waals surface area contributed by atoms with Gasteiger partial charge in [0.15, 0.2) is 0 Å². The summed E-state index contributed by atoms with van der Waals surface area (Å²) in [5.74, 6) is -0.820. The van der Waals surface area contributed by atoms with E-state index in [2.05, 4.69) is 10.4 Å². The van der Waals surface area contributed by atoms with Crippen LogP contribution in [-0.4, -0.2) is 59.6 Å². The summed E-state index contributed by atoms with van der Waals surface area (Å²) in [4.78, 5) is 25.1. The first kappa shape index (κ1) is 14.3. The number of rotatable bonds is 3. The predicted molar refractivity (Wildman–Crippen MR) is 70.9 cm³/mol. The summed E-state index contributed by atoms with van der Waals surface area (Å²) >= 11 is 0. The highest BCUT2D eigenvalue weighted by atomic mass is 16.5. The molecule has 1 fully saturated rings. The Labute approximate surface area is 116 Å². The van der Waals surface area contributed by atoms with E-state index >= 15 is 0 Å². The number of amides is 1. The van der Waals surface area contributed by atoms with E-state index in [1.165, 1.54) is 4.68 Å². The number of hydrogen-bond donors (Lipinski definition) is 2. The van der Waals surface area contributed by atoms with E-state index in [4.69, 9.17) is 4.74 Å². The number of carboxylic acid groups (broad SMARTS) is 1. The molecule has 110 valence electrons. The topological polar surface area (TPSA) is 96.7 Å². The number of morpholine rings is 1. The highest BCUT2D eigenvalue weighted by Crippen LogP contribution is 2.26. The molecule has 1 atom stereocenters. The van der Waals surface area contributed by atoms with Crippen molar-refractivity contribution in [3.8, 4) is 0 Å². The normalized spacial score (nSPS) is 18.9. The number of aryl methyl sites for hydroxylation is 2. The Morgan fingerprint density at radius 1 is 1.50 bits per heavy atom. The van der Waals surface area contributed by atoms with E-state index in [0.29, 0.717) is 24.7 Å². The van der Waals surface area contributed by atoms with Crippen molar-refractivity contribution in [3.05, 3.63) is 11.3 Å². The maximum atomic E-state index is 11.9. The minimum atomic E-state index is -1.05. The second-order valence-electron chi connectivity index (χ2n) is 4.61. The van der Waals surface area contributed by atoms with Crippen LogP contribution in [0.25, 0.3) is 0 Å². The van der Waals surface area contributed by atoms with E-state index in [1.807, 2.05) is 0 Å². The minimum absolute atomic E-state index is 0.128. The van der Waals surface area contributed by atoms with Crippen LogP contribution in [0.3, 0.4) is 0 Å². The Bertz CT molecular complexity index is 540. The van der Waals surface area contributed by atoms with Gasteiger partial charge in [-0.05, 0) is 6.92 Å². The summed E-state index contributed by atoms with van der Waals surface area (Å²) in [5, 5.41) is 16.1. The van der Waals surface area contributed by atoms with Crippen LogP contribution < -0.4 is 10.2 Å². The molecule has 1 unspecified atom stereocenters. The van der Waals surface area contributed by atoms with Gasteiger partial charge >= 0.3 is 5.97 Å². The van der Waals surface area contributed by atoms with Crippen LogP contribution in [0, 0.1) is 6.92 Å². The number of hydrogen-bond acceptors (Lipinski definition) is 5. The second-order valence-corrected chi connectivity index (χ2v) is 4.61. The molecule has 8 heteroatoms. The van der Waals surface area contributed by atoms with Gasteiger partial charge in [0.25, 0.3) is 0 Å². The quantitative estimate of drug-likeness (QED) is 0.767. The SMILES string of the molecule is CNC(=O)C1COCCN1c1c(C(=O)O)c(C)nn1C. The van der Waals surface area contributed by atoms with Gasteiger partial charge in [0.05, 0.1) is 18.9 Å². The van der Waals surface area contributed by atoms with Gasteiger partial charge in [-0.3, -0.25) is 9.48 Å². The van der Waals surface area contributed by atoms with Crippen molar-refractivity contribution in [1.82, 2.24) is 15.1 Å². The van der Waals surface area contributed by atoms with Crippen molar-refractivity contribution >= 4 is 17.7 Å².